The van der Waals surface area contributed by atoms with E-state index >= 15 is 0 Å². The number of hydrogen-bond donors (Lipinski definition) is 3. The van der Waals surface area contributed by atoms with Crippen LogP contribution in [0.3, 0.4) is 0 Å². The van der Waals surface area contributed by atoms with Crippen molar-refractivity contribution in [3.05, 3.63) is 0 Å². The van der Waals surface area contributed by atoms with Crippen LogP contribution in [0.5, 0.6) is 0 Å². The summed E-state index contributed by atoms with van der Waals surface area (Å²) in [4.78, 5) is 11.7. The van der Waals surface area contributed by atoms with E-state index < -0.39 is 0 Å². The highest BCUT2D eigenvalue weighted by atomic mass is 16.3. The molecule has 2 rings (SSSR count). The summed E-state index contributed by atoms with van der Waals surface area (Å²) >= 11 is 0. The quantitative estimate of drug-likeness (QED) is 0.646. The van der Waals surface area contributed by atoms with Crippen LogP contribution >= 0.6 is 0 Å². The Kier molecular flexibility index (Phi) is 5.45. The molecule has 0 bridgehead atoms. The molecule has 2 aliphatic rings. The first-order chi connectivity index (χ1) is 8.77. The standard InChI is InChI=1S/C14H26N2O2/c17-13-8-2-1-5-11(13)6-3-10-16-14(18)12-7-4-9-15-12/h11-13,15,17H,1-10H2,(H,16,18). The number of nitrogens with one attached hydrogen (secondary N) is 2. The summed E-state index contributed by atoms with van der Waals surface area (Å²) in [5.41, 5.74) is 0. The van der Waals surface area contributed by atoms with Gasteiger partial charge in [0.05, 0.1) is 12.1 Å². The Morgan fingerprint density at radius 1 is 1.22 bits per heavy atom. The van der Waals surface area contributed by atoms with E-state index in [1.807, 2.05) is 0 Å². The summed E-state index contributed by atoms with van der Waals surface area (Å²) in [5, 5.41) is 16.1. The van der Waals surface area contributed by atoms with E-state index in [2.05, 4.69) is 10.6 Å². The van der Waals surface area contributed by atoms with Gasteiger partial charge in [0, 0.05) is 6.54 Å². The first-order valence-corrected chi connectivity index (χ1v) is 7.46. The second-order valence-electron chi connectivity index (χ2n) is 5.69. The maximum absolute atomic E-state index is 11.7. The van der Waals surface area contributed by atoms with Crippen LogP contribution < -0.4 is 10.6 Å². The molecule has 0 aromatic carbocycles. The van der Waals surface area contributed by atoms with E-state index in [4.69, 9.17) is 0 Å². The van der Waals surface area contributed by atoms with Gasteiger partial charge < -0.3 is 15.7 Å². The molecule has 4 nitrogen and oxygen atoms in total. The fraction of sp³-hybridized carbons (Fsp3) is 0.929. The second-order valence-corrected chi connectivity index (χ2v) is 5.69. The summed E-state index contributed by atoms with van der Waals surface area (Å²) in [6.45, 7) is 1.71. The number of aliphatic hydroxyl groups is 1. The fourth-order valence-corrected chi connectivity index (χ4v) is 3.13. The fourth-order valence-electron chi connectivity index (χ4n) is 3.13. The van der Waals surface area contributed by atoms with E-state index in [0.717, 1.165) is 51.6 Å². The molecule has 18 heavy (non-hydrogen) atoms. The van der Waals surface area contributed by atoms with Gasteiger partial charge >= 0.3 is 0 Å². The molecule has 1 amide bonds. The summed E-state index contributed by atoms with van der Waals surface area (Å²) in [5.74, 6) is 0.608. The van der Waals surface area contributed by atoms with Gasteiger partial charge in [-0.3, -0.25) is 4.79 Å². The van der Waals surface area contributed by atoms with Crippen molar-refractivity contribution in [1.82, 2.24) is 10.6 Å². The topological polar surface area (TPSA) is 61.4 Å². The zero-order chi connectivity index (χ0) is 12.8. The second kappa shape index (κ2) is 7.10. The normalized spacial score (nSPS) is 32.4. The van der Waals surface area contributed by atoms with Gasteiger partial charge in [-0.15, -0.1) is 0 Å². The largest absolute Gasteiger partial charge is 0.393 e. The molecule has 1 aliphatic carbocycles. The van der Waals surface area contributed by atoms with Gasteiger partial charge in [0.1, 0.15) is 0 Å². The third-order valence-electron chi connectivity index (χ3n) is 4.30. The minimum atomic E-state index is -0.106. The van der Waals surface area contributed by atoms with Crippen molar-refractivity contribution in [1.29, 1.82) is 0 Å². The van der Waals surface area contributed by atoms with Crippen LogP contribution in [0.4, 0.5) is 0 Å². The van der Waals surface area contributed by atoms with Gasteiger partial charge in [0.25, 0.3) is 0 Å². The van der Waals surface area contributed by atoms with E-state index in [9.17, 15) is 9.90 Å². The third-order valence-corrected chi connectivity index (χ3v) is 4.30. The van der Waals surface area contributed by atoms with Gasteiger partial charge in [-0.25, -0.2) is 0 Å². The van der Waals surface area contributed by atoms with Gasteiger partial charge in [0.2, 0.25) is 5.91 Å². The van der Waals surface area contributed by atoms with Gasteiger partial charge in [-0.2, -0.15) is 0 Å². The van der Waals surface area contributed by atoms with Crippen molar-refractivity contribution in [2.24, 2.45) is 5.92 Å². The third kappa shape index (κ3) is 3.95. The van der Waals surface area contributed by atoms with E-state index in [1.54, 1.807) is 0 Å². The number of hydrogen-bond acceptors (Lipinski definition) is 3. The first-order valence-electron chi connectivity index (χ1n) is 7.46. The van der Waals surface area contributed by atoms with E-state index in [1.165, 1.54) is 12.8 Å². The molecule has 4 heteroatoms. The molecule has 3 unspecified atom stereocenters. The SMILES string of the molecule is O=C(NCCCC1CCCCC1O)C1CCCN1. The minimum Gasteiger partial charge on any atom is -0.393 e. The Morgan fingerprint density at radius 2 is 2.06 bits per heavy atom. The summed E-state index contributed by atoms with van der Waals surface area (Å²) < 4.78 is 0. The van der Waals surface area contributed by atoms with Gasteiger partial charge in [-0.05, 0) is 51.0 Å². The first kappa shape index (κ1) is 13.8. The molecule has 104 valence electrons. The molecule has 0 aromatic heterocycles. The average molecular weight is 254 g/mol. The number of carbonyl (C=O) groups excluding carboxylic acids is 1. The predicted molar refractivity (Wildman–Crippen MR) is 71.2 cm³/mol. The Labute approximate surface area is 110 Å². The van der Waals surface area contributed by atoms with Crippen molar-refractivity contribution in [3.63, 3.8) is 0 Å². The molecule has 1 aliphatic heterocycles. The highest BCUT2D eigenvalue weighted by Crippen LogP contribution is 2.27. The Hall–Kier alpha value is -0.610. The van der Waals surface area contributed by atoms with Gasteiger partial charge in [0.15, 0.2) is 0 Å². The lowest BCUT2D eigenvalue weighted by Gasteiger charge is -2.27. The van der Waals surface area contributed by atoms with Crippen molar-refractivity contribution in [2.45, 2.75) is 63.5 Å². The smallest absolute Gasteiger partial charge is 0.237 e. The van der Waals surface area contributed by atoms with Crippen LogP contribution in [-0.2, 0) is 4.79 Å². The molecule has 0 aromatic rings. The van der Waals surface area contributed by atoms with Crippen molar-refractivity contribution >= 4 is 5.91 Å². The maximum Gasteiger partial charge on any atom is 0.237 e. The number of carbonyl (C=O) groups is 1. The molecule has 1 saturated carbocycles. The van der Waals surface area contributed by atoms with Crippen molar-refractivity contribution in [2.75, 3.05) is 13.1 Å². The zero-order valence-electron chi connectivity index (χ0n) is 11.2. The van der Waals surface area contributed by atoms with E-state index in [0.29, 0.717) is 5.92 Å². The number of aliphatic hydroxyl groups excluding tert-OH is 1. The Balaban J connectivity index is 1.56. The molecular weight excluding hydrogens is 228 g/mol. The maximum atomic E-state index is 11.7. The van der Waals surface area contributed by atoms with Crippen LogP contribution in [0.25, 0.3) is 0 Å². The molecule has 3 atom stereocenters. The molecule has 1 heterocycles. The summed E-state index contributed by atoms with van der Waals surface area (Å²) in [6.07, 6.45) is 8.52. The number of rotatable bonds is 5. The molecule has 0 radical (unpaired) electrons. The van der Waals surface area contributed by atoms with Crippen molar-refractivity contribution < 1.29 is 9.90 Å². The van der Waals surface area contributed by atoms with Gasteiger partial charge in [-0.1, -0.05) is 12.8 Å². The highest BCUT2D eigenvalue weighted by Gasteiger charge is 2.23. The van der Waals surface area contributed by atoms with Crippen LogP contribution in [0.2, 0.25) is 0 Å². The average Bonchev–Trinajstić information content (AvgIpc) is 2.90. The lowest BCUT2D eigenvalue weighted by molar-refractivity contribution is -0.122. The molecular formula is C14H26N2O2. The van der Waals surface area contributed by atoms with Crippen molar-refractivity contribution in [3.8, 4) is 0 Å². The van der Waals surface area contributed by atoms with Crippen LogP contribution in [0.1, 0.15) is 51.4 Å². The van der Waals surface area contributed by atoms with Crippen LogP contribution in [-0.4, -0.2) is 36.2 Å². The zero-order valence-corrected chi connectivity index (χ0v) is 11.2. The molecule has 0 spiro atoms. The Bertz CT molecular complexity index is 265. The minimum absolute atomic E-state index is 0.0327. The molecule has 2 fully saturated rings. The van der Waals surface area contributed by atoms with Crippen LogP contribution in [0.15, 0.2) is 0 Å². The summed E-state index contributed by atoms with van der Waals surface area (Å²) in [7, 11) is 0. The predicted octanol–water partition coefficient (Wildman–Crippen LogP) is 1.19. The van der Waals surface area contributed by atoms with Crippen LogP contribution in [0, 0.1) is 5.92 Å². The summed E-state index contributed by atoms with van der Waals surface area (Å²) in [6, 6.07) is 0.0327. The number of amides is 1. The Morgan fingerprint density at radius 3 is 2.78 bits per heavy atom. The van der Waals surface area contributed by atoms with E-state index in [-0.39, 0.29) is 18.1 Å². The molecule has 3 N–H and O–H groups in total. The lowest BCUT2D eigenvalue weighted by Crippen LogP contribution is -2.40. The highest BCUT2D eigenvalue weighted by molar-refractivity contribution is 5.81. The monoisotopic (exact) mass is 254 g/mol. The lowest BCUT2D eigenvalue weighted by atomic mass is 9.83. The molecule has 1 saturated heterocycles.